The molecule has 0 saturated carbocycles. The first-order valence-corrected chi connectivity index (χ1v) is 7.91. The first kappa shape index (κ1) is 17.6. The van der Waals surface area contributed by atoms with Gasteiger partial charge in [-0.05, 0) is 35.6 Å². The molecule has 0 fully saturated rings. The van der Waals surface area contributed by atoms with E-state index in [1.807, 2.05) is 26.8 Å². The highest BCUT2D eigenvalue weighted by molar-refractivity contribution is 5.80. The fourth-order valence-electron chi connectivity index (χ4n) is 3.37. The van der Waals surface area contributed by atoms with Crippen molar-refractivity contribution >= 4 is 11.9 Å². The van der Waals surface area contributed by atoms with Gasteiger partial charge in [-0.1, -0.05) is 51.1 Å². The Morgan fingerprint density at radius 2 is 1.70 bits per heavy atom. The van der Waals surface area contributed by atoms with Gasteiger partial charge in [0.05, 0.1) is 5.92 Å². The number of aliphatic hydroxyl groups is 3. The van der Waals surface area contributed by atoms with Gasteiger partial charge in [-0.3, -0.25) is 0 Å². The van der Waals surface area contributed by atoms with Crippen molar-refractivity contribution < 1.29 is 20.1 Å². The van der Waals surface area contributed by atoms with Crippen molar-refractivity contribution in [1.82, 2.24) is 0 Å². The van der Waals surface area contributed by atoms with Crippen molar-refractivity contribution in [2.45, 2.75) is 38.6 Å². The lowest BCUT2D eigenvalue weighted by atomic mass is 9.68. The van der Waals surface area contributed by atoms with Crippen molar-refractivity contribution in [3.05, 3.63) is 53.6 Å². The summed E-state index contributed by atoms with van der Waals surface area (Å²) < 4.78 is 0. The zero-order valence-corrected chi connectivity index (χ0v) is 13.7. The molecule has 1 aliphatic rings. The van der Waals surface area contributed by atoms with Crippen molar-refractivity contribution in [1.29, 1.82) is 0 Å². The average molecular weight is 316 g/mol. The van der Waals surface area contributed by atoms with Gasteiger partial charge in [-0.25, -0.2) is 0 Å². The normalized spacial score (nSPS) is 24.8. The van der Waals surface area contributed by atoms with Crippen molar-refractivity contribution in [3.8, 4) is 0 Å². The second-order valence-electron chi connectivity index (χ2n) is 6.35. The van der Waals surface area contributed by atoms with Crippen LogP contribution in [0.25, 0.3) is 5.57 Å². The molecule has 2 atom stereocenters. The second kappa shape index (κ2) is 6.40. The van der Waals surface area contributed by atoms with Crippen LogP contribution in [0.4, 0.5) is 0 Å². The monoisotopic (exact) mass is 316 g/mol. The summed E-state index contributed by atoms with van der Waals surface area (Å²) in [4.78, 5) is 11.5. The quantitative estimate of drug-likeness (QED) is 0.442. The van der Waals surface area contributed by atoms with Gasteiger partial charge < -0.3 is 20.1 Å². The van der Waals surface area contributed by atoms with Crippen LogP contribution in [-0.4, -0.2) is 33.0 Å². The Morgan fingerprint density at radius 3 is 2.17 bits per heavy atom. The summed E-state index contributed by atoms with van der Waals surface area (Å²) >= 11 is 0. The Labute approximate surface area is 136 Å². The molecule has 4 heteroatoms. The highest BCUT2D eigenvalue weighted by atomic mass is 16.5. The molecule has 0 spiro atoms. The highest BCUT2D eigenvalue weighted by Gasteiger charge is 2.47. The molecule has 2 unspecified atom stereocenters. The van der Waals surface area contributed by atoms with Gasteiger partial charge in [0, 0.05) is 5.57 Å². The molecular formula is C19H24O4. The standard InChI is InChI=1S/C19H24O4/c1-4-15(12-20)18(21)10-11-19(22,23)17(16(18)13(2)3)14-8-6-5-7-9-14/h5-13,15,21-23H,4H2,1-3H3. The Morgan fingerprint density at radius 1 is 1.09 bits per heavy atom. The lowest BCUT2D eigenvalue weighted by Gasteiger charge is -2.42. The van der Waals surface area contributed by atoms with E-state index >= 15 is 0 Å². The van der Waals surface area contributed by atoms with E-state index in [-0.39, 0.29) is 11.5 Å². The van der Waals surface area contributed by atoms with Gasteiger partial charge in [0.15, 0.2) is 0 Å². The number of carbonyl (C=O) groups excluding carboxylic acids is 1. The van der Waals surface area contributed by atoms with Gasteiger partial charge in [-0.15, -0.1) is 0 Å². The molecule has 124 valence electrons. The van der Waals surface area contributed by atoms with Gasteiger partial charge in [0.2, 0.25) is 5.79 Å². The van der Waals surface area contributed by atoms with Crippen LogP contribution < -0.4 is 0 Å². The molecule has 4 nitrogen and oxygen atoms in total. The van der Waals surface area contributed by atoms with E-state index in [1.54, 1.807) is 24.3 Å². The van der Waals surface area contributed by atoms with Crippen LogP contribution in [0.15, 0.2) is 48.1 Å². The van der Waals surface area contributed by atoms with E-state index in [9.17, 15) is 20.1 Å². The third-order valence-corrected chi connectivity index (χ3v) is 4.45. The molecule has 0 heterocycles. The Bertz CT molecular complexity index is 628. The molecule has 0 saturated heterocycles. The maximum Gasteiger partial charge on any atom is 0.210 e. The first-order chi connectivity index (χ1) is 10.8. The van der Waals surface area contributed by atoms with E-state index in [1.165, 1.54) is 6.08 Å². The predicted molar refractivity (Wildman–Crippen MR) is 89.3 cm³/mol. The largest absolute Gasteiger partial charge is 0.381 e. The minimum Gasteiger partial charge on any atom is -0.381 e. The lowest BCUT2D eigenvalue weighted by Crippen LogP contribution is -2.47. The highest BCUT2D eigenvalue weighted by Crippen LogP contribution is 2.45. The maximum atomic E-state index is 11.5. The third kappa shape index (κ3) is 3.02. The molecule has 3 N–H and O–H groups in total. The molecule has 2 rings (SSSR count). The van der Waals surface area contributed by atoms with Crippen LogP contribution in [0.1, 0.15) is 32.8 Å². The zero-order chi connectivity index (χ0) is 17.3. The van der Waals surface area contributed by atoms with E-state index < -0.39 is 17.3 Å². The van der Waals surface area contributed by atoms with Gasteiger partial charge in [-0.2, -0.15) is 0 Å². The zero-order valence-electron chi connectivity index (χ0n) is 13.7. The summed E-state index contributed by atoms with van der Waals surface area (Å²) in [6.45, 7) is 5.57. The van der Waals surface area contributed by atoms with Gasteiger partial charge in [0.25, 0.3) is 0 Å². The van der Waals surface area contributed by atoms with E-state index in [0.717, 1.165) is 12.4 Å². The summed E-state index contributed by atoms with van der Waals surface area (Å²) in [6.07, 6.45) is 3.69. The molecule has 1 aromatic rings. The van der Waals surface area contributed by atoms with Gasteiger partial charge >= 0.3 is 0 Å². The molecule has 1 aromatic carbocycles. The number of rotatable bonds is 5. The van der Waals surface area contributed by atoms with Crippen LogP contribution in [0.3, 0.4) is 0 Å². The minimum atomic E-state index is -2.19. The number of benzene rings is 1. The number of carbonyl (C=O) groups is 1. The number of hydrogen-bond donors (Lipinski definition) is 3. The predicted octanol–water partition coefficient (Wildman–Crippen LogP) is 2.30. The van der Waals surface area contributed by atoms with Crippen molar-refractivity contribution in [2.24, 2.45) is 11.8 Å². The number of hydrogen-bond acceptors (Lipinski definition) is 4. The van der Waals surface area contributed by atoms with Crippen molar-refractivity contribution in [2.75, 3.05) is 0 Å². The summed E-state index contributed by atoms with van der Waals surface area (Å²) in [5.74, 6) is -3.01. The van der Waals surface area contributed by atoms with Gasteiger partial charge in [0.1, 0.15) is 11.9 Å². The topological polar surface area (TPSA) is 77.8 Å². The Hall–Kier alpha value is -1.75. The fourth-order valence-corrected chi connectivity index (χ4v) is 3.37. The fraction of sp³-hybridized carbons (Fsp3) is 0.421. The second-order valence-corrected chi connectivity index (χ2v) is 6.35. The average Bonchev–Trinajstić information content (AvgIpc) is 2.51. The molecule has 0 amide bonds. The van der Waals surface area contributed by atoms with Crippen molar-refractivity contribution in [3.63, 3.8) is 0 Å². The van der Waals surface area contributed by atoms with E-state index in [4.69, 9.17) is 0 Å². The molecule has 0 aliphatic heterocycles. The lowest BCUT2D eigenvalue weighted by molar-refractivity contribution is -0.117. The van der Waals surface area contributed by atoms with E-state index in [2.05, 4.69) is 0 Å². The molecule has 23 heavy (non-hydrogen) atoms. The summed E-state index contributed by atoms with van der Waals surface area (Å²) in [5, 5.41) is 32.2. The maximum absolute atomic E-state index is 11.5. The molecule has 0 bridgehead atoms. The summed E-state index contributed by atoms with van der Waals surface area (Å²) in [7, 11) is 0. The molecular weight excluding hydrogens is 292 g/mol. The molecule has 0 radical (unpaired) electrons. The van der Waals surface area contributed by atoms with Crippen LogP contribution in [0.2, 0.25) is 0 Å². The Kier molecular flexibility index (Phi) is 4.90. The van der Waals surface area contributed by atoms with Crippen LogP contribution in [0.5, 0.6) is 0 Å². The third-order valence-electron chi connectivity index (χ3n) is 4.45. The van der Waals surface area contributed by atoms with Crippen LogP contribution in [0, 0.1) is 11.8 Å². The SMILES string of the molecule is CCC(C=O)C1(O)C=CC(O)(O)C(c2ccccc2)=C1C(C)C. The summed E-state index contributed by atoms with van der Waals surface area (Å²) in [5.41, 5.74) is -0.191. The smallest absolute Gasteiger partial charge is 0.210 e. The summed E-state index contributed by atoms with van der Waals surface area (Å²) in [6, 6.07) is 8.96. The van der Waals surface area contributed by atoms with Crippen LogP contribution in [-0.2, 0) is 4.79 Å². The molecule has 0 aromatic heterocycles. The van der Waals surface area contributed by atoms with Crippen LogP contribution >= 0.6 is 0 Å². The first-order valence-electron chi connectivity index (χ1n) is 7.91. The Balaban J connectivity index is 2.78. The number of aldehydes is 1. The molecule has 1 aliphatic carbocycles. The minimum absolute atomic E-state index is 0.173. The van der Waals surface area contributed by atoms with E-state index in [0.29, 0.717) is 17.6 Å².